The first-order valence-corrected chi connectivity index (χ1v) is 7.13. The Kier molecular flexibility index (Phi) is 4.29. The molecule has 2 heteroatoms. The van der Waals surface area contributed by atoms with E-state index in [1.165, 1.54) is 0 Å². The summed E-state index contributed by atoms with van der Waals surface area (Å²) in [6.45, 7) is 8.13. The second kappa shape index (κ2) is 5.80. The van der Waals surface area contributed by atoms with Crippen molar-refractivity contribution in [3.8, 4) is 0 Å². The Hall–Kier alpha value is -1.60. The van der Waals surface area contributed by atoms with Gasteiger partial charge in [0.25, 0.3) is 0 Å². The molecule has 0 spiro atoms. The SMILES string of the molecule is Cc1cc(C)c(C)c(C(=O)Cc2ccccc2Cl)c1C. The van der Waals surface area contributed by atoms with E-state index in [1.54, 1.807) is 0 Å². The van der Waals surface area contributed by atoms with Crippen LogP contribution in [0.3, 0.4) is 0 Å². The molecule has 2 aromatic carbocycles. The molecule has 0 amide bonds. The fraction of sp³-hybridized carbons (Fsp3) is 0.278. The molecule has 0 saturated carbocycles. The van der Waals surface area contributed by atoms with Crippen molar-refractivity contribution in [1.29, 1.82) is 0 Å². The quantitative estimate of drug-likeness (QED) is 0.726. The summed E-state index contributed by atoms with van der Waals surface area (Å²) in [4.78, 5) is 12.7. The van der Waals surface area contributed by atoms with Crippen molar-refractivity contribution in [3.63, 3.8) is 0 Å². The standard InChI is InChI=1S/C18H19ClO/c1-11-9-12(2)14(4)18(13(11)3)17(20)10-15-7-5-6-8-16(15)19/h5-9H,10H2,1-4H3. The van der Waals surface area contributed by atoms with Crippen LogP contribution in [0.25, 0.3) is 0 Å². The molecule has 0 saturated heterocycles. The minimum atomic E-state index is 0.139. The van der Waals surface area contributed by atoms with E-state index in [4.69, 9.17) is 11.6 Å². The molecule has 2 rings (SSSR count). The molecule has 0 heterocycles. The van der Waals surface area contributed by atoms with Gasteiger partial charge in [0.05, 0.1) is 0 Å². The molecular weight excluding hydrogens is 268 g/mol. The van der Waals surface area contributed by atoms with Crippen LogP contribution in [0, 0.1) is 27.7 Å². The predicted octanol–water partition coefficient (Wildman–Crippen LogP) is 5.00. The number of aryl methyl sites for hydroxylation is 2. The van der Waals surface area contributed by atoms with Gasteiger partial charge in [-0.1, -0.05) is 35.9 Å². The van der Waals surface area contributed by atoms with Crippen LogP contribution in [-0.4, -0.2) is 5.78 Å². The van der Waals surface area contributed by atoms with Gasteiger partial charge >= 0.3 is 0 Å². The van der Waals surface area contributed by atoms with Crippen molar-refractivity contribution < 1.29 is 4.79 Å². The summed E-state index contributed by atoms with van der Waals surface area (Å²) >= 11 is 6.15. The maximum absolute atomic E-state index is 12.7. The van der Waals surface area contributed by atoms with Gasteiger partial charge in [-0.05, 0) is 61.6 Å². The summed E-state index contributed by atoms with van der Waals surface area (Å²) in [5, 5.41) is 0.653. The van der Waals surface area contributed by atoms with Crippen LogP contribution < -0.4 is 0 Å². The third kappa shape index (κ3) is 2.78. The van der Waals surface area contributed by atoms with E-state index in [9.17, 15) is 4.79 Å². The highest BCUT2D eigenvalue weighted by Gasteiger charge is 2.17. The van der Waals surface area contributed by atoms with Gasteiger partial charge in [0.2, 0.25) is 0 Å². The van der Waals surface area contributed by atoms with Gasteiger partial charge in [-0.2, -0.15) is 0 Å². The molecule has 20 heavy (non-hydrogen) atoms. The van der Waals surface area contributed by atoms with Crippen LogP contribution in [0.2, 0.25) is 5.02 Å². The second-order valence-corrected chi connectivity index (χ2v) is 5.73. The van der Waals surface area contributed by atoms with Crippen LogP contribution >= 0.6 is 11.6 Å². The minimum Gasteiger partial charge on any atom is -0.294 e. The molecule has 0 unspecified atom stereocenters. The van der Waals surface area contributed by atoms with Gasteiger partial charge in [-0.25, -0.2) is 0 Å². The summed E-state index contributed by atoms with van der Waals surface area (Å²) in [5.74, 6) is 0.139. The van der Waals surface area contributed by atoms with Crippen molar-refractivity contribution in [2.45, 2.75) is 34.1 Å². The molecule has 0 bridgehead atoms. The van der Waals surface area contributed by atoms with Gasteiger partial charge in [0.1, 0.15) is 0 Å². The number of ketones is 1. The Balaban J connectivity index is 2.43. The molecule has 1 nitrogen and oxygen atoms in total. The summed E-state index contributed by atoms with van der Waals surface area (Å²) in [6, 6.07) is 9.66. The lowest BCUT2D eigenvalue weighted by Crippen LogP contribution is -2.10. The molecule has 0 aromatic heterocycles. The summed E-state index contributed by atoms with van der Waals surface area (Å²) in [6.07, 6.45) is 0.351. The van der Waals surface area contributed by atoms with Crippen molar-refractivity contribution in [2.24, 2.45) is 0 Å². The van der Waals surface area contributed by atoms with E-state index in [-0.39, 0.29) is 5.78 Å². The fourth-order valence-corrected chi connectivity index (χ4v) is 2.74. The average molecular weight is 287 g/mol. The molecule has 0 N–H and O–H groups in total. The van der Waals surface area contributed by atoms with Gasteiger partial charge < -0.3 is 0 Å². The predicted molar refractivity (Wildman–Crippen MR) is 84.9 cm³/mol. The normalized spacial score (nSPS) is 10.7. The number of hydrogen-bond donors (Lipinski definition) is 0. The smallest absolute Gasteiger partial charge is 0.167 e. The molecule has 0 radical (unpaired) electrons. The van der Waals surface area contributed by atoms with E-state index in [0.717, 1.165) is 33.4 Å². The average Bonchev–Trinajstić information content (AvgIpc) is 2.39. The Labute approximate surface area is 125 Å². The maximum atomic E-state index is 12.7. The van der Waals surface area contributed by atoms with Crippen LogP contribution in [0.1, 0.15) is 38.2 Å². The lowest BCUT2D eigenvalue weighted by molar-refractivity contribution is 0.0991. The van der Waals surface area contributed by atoms with E-state index in [0.29, 0.717) is 11.4 Å². The number of carbonyl (C=O) groups excluding carboxylic acids is 1. The van der Waals surface area contributed by atoms with Gasteiger partial charge in [0, 0.05) is 17.0 Å². The number of carbonyl (C=O) groups is 1. The number of hydrogen-bond acceptors (Lipinski definition) is 1. The molecule has 2 aromatic rings. The van der Waals surface area contributed by atoms with E-state index in [2.05, 4.69) is 6.07 Å². The van der Waals surface area contributed by atoms with Crippen LogP contribution in [0.5, 0.6) is 0 Å². The van der Waals surface area contributed by atoms with Crippen LogP contribution in [-0.2, 0) is 6.42 Å². The lowest BCUT2D eigenvalue weighted by Gasteiger charge is -2.14. The second-order valence-electron chi connectivity index (χ2n) is 5.33. The lowest BCUT2D eigenvalue weighted by atomic mass is 9.89. The molecule has 0 aliphatic carbocycles. The number of benzene rings is 2. The van der Waals surface area contributed by atoms with Gasteiger partial charge in [-0.15, -0.1) is 0 Å². The molecule has 104 valence electrons. The van der Waals surface area contributed by atoms with Gasteiger partial charge in [-0.3, -0.25) is 4.79 Å². The Morgan fingerprint density at radius 3 is 2.10 bits per heavy atom. The van der Waals surface area contributed by atoms with E-state index < -0.39 is 0 Å². The summed E-state index contributed by atoms with van der Waals surface area (Å²) < 4.78 is 0. The zero-order chi connectivity index (χ0) is 14.9. The first kappa shape index (κ1) is 14.8. The van der Waals surface area contributed by atoms with Crippen molar-refractivity contribution in [2.75, 3.05) is 0 Å². The van der Waals surface area contributed by atoms with Gasteiger partial charge in [0.15, 0.2) is 5.78 Å². The number of halogens is 1. The Morgan fingerprint density at radius 1 is 1.00 bits per heavy atom. The summed E-state index contributed by atoms with van der Waals surface area (Å²) in [5.41, 5.74) is 6.21. The molecule has 0 aliphatic rings. The zero-order valence-electron chi connectivity index (χ0n) is 12.4. The highest BCUT2D eigenvalue weighted by atomic mass is 35.5. The number of rotatable bonds is 3. The highest BCUT2D eigenvalue weighted by Crippen LogP contribution is 2.24. The highest BCUT2D eigenvalue weighted by molar-refractivity contribution is 6.31. The van der Waals surface area contributed by atoms with Crippen molar-refractivity contribution >= 4 is 17.4 Å². The van der Waals surface area contributed by atoms with E-state index in [1.807, 2.05) is 52.0 Å². The monoisotopic (exact) mass is 286 g/mol. The van der Waals surface area contributed by atoms with Crippen molar-refractivity contribution in [3.05, 3.63) is 68.7 Å². The zero-order valence-corrected chi connectivity index (χ0v) is 13.1. The van der Waals surface area contributed by atoms with Crippen molar-refractivity contribution in [1.82, 2.24) is 0 Å². The molecule has 0 fully saturated rings. The van der Waals surface area contributed by atoms with Crippen LogP contribution in [0.4, 0.5) is 0 Å². The first-order chi connectivity index (χ1) is 9.41. The fourth-order valence-electron chi connectivity index (χ4n) is 2.54. The van der Waals surface area contributed by atoms with Crippen LogP contribution in [0.15, 0.2) is 30.3 Å². The van der Waals surface area contributed by atoms with E-state index >= 15 is 0 Å². The maximum Gasteiger partial charge on any atom is 0.167 e. The third-order valence-electron chi connectivity index (χ3n) is 3.95. The largest absolute Gasteiger partial charge is 0.294 e. The Bertz CT molecular complexity index is 645. The molecule has 0 atom stereocenters. The Morgan fingerprint density at radius 2 is 1.55 bits per heavy atom. The molecule has 0 aliphatic heterocycles. The number of Topliss-reactive ketones (excluding diaryl/α,β-unsaturated/α-hetero) is 1. The minimum absolute atomic E-state index is 0.139. The third-order valence-corrected chi connectivity index (χ3v) is 4.32. The first-order valence-electron chi connectivity index (χ1n) is 6.75. The summed E-state index contributed by atoms with van der Waals surface area (Å²) in [7, 11) is 0. The topological polar surface area (TPSA) is 17.1 Å². The molecular formula is C18H19ClO.